The van der Waals surface area contributed by atoms with Crippen molar-refractivity contribution in [3.8, 4) is 5.75 Å². The van der Waals surface area contributed by atoms with Gasteiger partial charge >= 0.3 is 0 Å². The quantitative estimate of drug-likeness (QED) is 0.462. The zero-order chi connectivity index (χ0) is 19.8. The third-order valence-corrected chi connectivity index (χ3v) is 4.16. The number of amidine groups is 1. The molecule has 0 spiro atoms. The normalized spacial score (nSPS) is 11.7. The fraction of sp³-hybridized carbons (Fsp3) is 0.261. The van der Waals surface area contributed by atoms with Gasteiger partial charge in [0.25, 0.3) is 0 Å². The average Bonchev–Trinajstić information content (AvgIpc) is 2.63. The zero-order valence-electron chi connectivity index (χ0n) is 16.8. The Morgan fingerprint density at radius 1 is 1.11 bits per heavy atom. The number of ether oxygens (including phenoxy) is 1. The molecule has 0 aromatic heterocycles. The van der Waals surface area contributed by atoms with Gasteiger partial charge in [-0.05, 0) is 55.2 Å². The smallest absolute Gasteiger partial charge is 0.142 e. The monoisotopic (exact) mass is 363 g/mol. The van der Waals surface area contributed by atoms with E-state index in [1.807, 2.05) is 49.4 Å². The third-order valence-electron chi connectivity index (χ3n) is 4.16. The van der Waals surface area contributed by atoms with Crippen molar-refractivity contribution in [1.29, 1.82) is 0 Å². The van der Waals surface area contributed by atoms with Crippen LogP contribution in [0, 0.1) is 6.92 Å². The Balaban J connectivity index is 2.21. The maximum absolute atomic E-state index is 5.52. The van der Waals surface area contributed by atoms with Gasteiger partial charge in [0.2, 0.25) is 0 Å². The second kappa shape index (κ2) is 9.62. The van der Waals surface area contributed by atoms with Crippen LogP contribution in [0.2, 0.25) is 0 Å². The third kappa shape index (κ3) is 5.74. The lowest BCUT2D eigenvalue weighted by Gasteiger charge is -2.15. The molecule has 0 saturated heterocycles. The van der Waals surface area contributed by atoms with Crippen LogP contribution in [-0.2, 0) is 0 Å². The van der Waals surface area contributed by atoms with Crippen molar-refractivity contribution >= 4 is 17.2 Å². The predicted octanol–water partition coefficient (Wildman–Crippen LogP) is 6.10. The molecule has 0 aliphatic rings. The molecule has 0 aliphatic carbocycles. The summed E-state index contributed by atoms with van der Waals surface area (Å²) >= 11 is 0. The first-order chi connectivity index (χ1) is 12.9. The van der Waals surface area contributed by atoms with Gasteiger partial charge in [-0.3, -0.25) is 0 Å². The summed E-state index contributed by atoms with van der Waals surface area (Å²) in [6, 6.07) is 14.2. The molecule has 0 atom stereocenters. The maximum atomic E-state index is 5.52. The minimum Gasteiger partial charge on any atom is -0.495 e. The molecule has 27 heavy (non-hydrogen) atoms. The Morgan fingerprint density at radius 2 is 1.85 bits per heavy atom. The molecule has 142 valence electrons. The average molecular weight is 364 g/mol. The highest BCUT2D eigenvalue weighted by molar-refractivity contribution is 6.04. The van der Waals surface area contributed by atoms with Gasteiger partial charge < -0.3 is 15.4 Å². The van der Waals surface area contributed by atoms with Gasteiger partial charge in [-0.2, -0.15) is 0 Å². The van der Waals surface area contributed by atoms with E-state index in [9.17, 15) is 0 Å². The van der Waals surface area contributed by atoms with E-state index in [-0.39, 0.29) is 0 Å². The molecule has 4 nitrogen and oxygen atoms in total. The Kier molecular flexibility index (Phi) is 7.24. The SMILES string of the molecule is C=C(/N=C(\C=C/C)Nc1ccccc1C)Nc1ccc(C(C)C)cc1OC. The summed E-state index contributed by atoms with van der Waals surface area (Å²) < 4.78 is 5.52. The van der Waals surface area contributed by atoms with Gasteiger partial charge in [0.15, 0.2) is 0 Å². The highest BCUT2D eigenvalue weighted by Crippen LogP contribution is 2.29. The number of para-hydroxylation sites is 1. The molecule has 2 aromatic rings. The first-order valence-corrected chi connectivity index (χ1v) is 9.12. The molecule has 0 heterocycles. The van der Waals surface area contributed by atoms with Crippen LogP contribution in [-0.4, -0.2) is 12.9 Å². The van der Waals surface area contributed by atoms with Crippen LogP contribution in [0.15, 0.2) is 72.0 Å². The number of hydrogen-bond donors (Lipinski definition) is 2. The number of anilines is 2. The van der Waals surface area contributed by atoms with Crippen molar-refractivity contribution < 1.29 is 4.74 Å². The lowest BCUT2D eigenvalue weighted by atomic mass is 10.0. The first kappa shape index (κ1) is 20.3. The summed E-state index contributed by atoms with van der Waals surface area (Å²) in [6.07, 6.45) is 3.85. The van der Waals surface area contributed by atoms with E-state index in [2.05, 4.69) is 55.1 Å². The van der Waals surface area contributed by atoms with E-state index in [0.29, 0.717) is 17.6 Å². The zero-order valence-corrected chi connectivity index (χ0v) is 16.8. The molecular weight excluding hydrogens is 334 g/mol. The molecule has 2 aromatic carbocycles. The summed E-state index contributed by atoms with van der Waals surface area (Å²) in [5.74, 6) is 2.45. The number of methoxy groups -OCH3 is 1. The Labute approximate surface area is 162 Å². The summed E-state index contributed by atoms with van der Waals surface area (Å²) in [7, 11) is 1.67. The molecular formula is C23H29N3O. The van der Waals surface area contributed by atoms with Crippen molar-refractivity contribution in [2.45, 2.75) is 33.6 Å². The topological polar surface area (TPSA) is 45.7 Å². The van der Waals surface area contributed by atoms with E-state index in [0.717, 1.165) is 22.7 Å². The van der Waals surface area contributed by atoms with Crippen molar-refractivity contribution in [3.05, 3.63) is 78.1 Å². The van der Waals surface area contributed by atoms with Crippen molar-refractivity contribution in [1.82, 2.24) is 0 Å². The molecule has 4 heteroatoms. The van der Waals surface area contributed by atoms with Gasteiger partial charge in [0, 0.05) is 5.69 Å². The van der Waals surface area contributed by atoms with Crippen LogP contribution in [0.4, 0.5) is 11.4 Å². The number of aryl methyl sites for hydroxylation is 1. The van der Waals surface area contributed by atoms with Crippen LogP contribution < -0.4 is 15.4 Å². The maximum Gasteiger partial charge on any atom is 0.142 e. The van der Waals surface area contributed by atoms with Crippen LogP contribution in [0.3, 0.4) is 0 Å². The van der Waals surface area contributed by atoms with E-state index in [1.165, 1.54) is 5.56 Å². The Hall–Kier alpha value is -3.01. The predicted molar refractivity (Wildman–Crippen MR) is 117 cm³/mol. The minimum absolute atomic E-state index is 0.439. The Bertz CT molecular complexity index is 850. The number of nitrogens with zero attached hydrogens (tertiary/aromatic N) is 1. The molecule has 0 aliphatic heterocycles. The second-order valence-corrected chi connectivity index (χ2v) is 6.62. The fourth-order valence-electron chi connectivity index (χ4n) is 2.61. The number of aliphatic imine (C=N–C) groups is 1. The number of allylic oxidation sites excluding steroid dienone is 1. The number of nitrogens with one attached hydrogen (secondary N) is 2. The number of benzene rings is 2. The van der Waals surface area contributed by atoms with Gasteiger partial charge in [-0.25, -0.2) is 4.99 Å². The Morgan fingerprint density at radius 3 is 2.48 bits per heavy atom. The number of hydrogen-bond acceptors (Lipinski definition) is 3. The van der Waals surface area contributed by atoms with Gasteiger partial charge in [-0.15, -0.1) is 0 Å². The highest BCUT2D eigenvalue weighted by Gasteiger charge is 2.08. The largest absolute Gasteiger partial charge is 0.495 e. The molecule has 0 saturated carbocycles. The molecule has 2 rings (SSSR count). The minimum atomic E-state index is 0.439. The van der Waals surface area contributed by atoms with Crippen molar-refractivity contribution in [2.24, 2.45) is 4.99 Å². The lowest BCUT2D eigenvalue weighted by Crippen LogP contribution is -2.12. The van der Waals surface area contributed by atoms with E-state index in [4.69, 9.17) is 4.74 Å². The van der Waals surface area contributed by atoms with Crippen molar-refractivity contribution in [2.75, 3.05) is 17.7 Å². The molecule has 0 amide bonds. The molecule has 2 N–H and O–H groups in total. The summed E-state index contributed by atoms with van der Waals surface area (Å²) in [4.78, 5) is 4.59. The molecule has 0 radical (unpaired) electrons. The van der Waals surface area contributed by atoms with Crippen LogP contribution in [0.5, 0.6) is 5.75 Å². The van der Waals surface area contributed by atoms with Crippen LogP contribution in [0.1, 0.15) is 37.8 Å². The number of rotatable bonds is 7. The van der Waals surface area contributed by atoms with Crippen LogP contribution >= 0.6 is 0 Å². The summed E-state index contributed by atoms with van der Waals surface area (Å²) in [5.41, 5.74) is 4.23. The standard InChI is InChI=1S/C23H29N3O/c1-7-10-23(26-20-12-9-8-11-17(20)4)25-18(5)24-21-14-13-19(16(2)3)15-22(21)27-6/h7-16,24H,5H2,1-4,6H3,(H,25,26)/b10-7-. The molecule has 0 bridgehead atoms. The van der Waals surface area contributed by atoms with E-state index in [1.54, 1.807) is 7.11 Å². The van der Waals surface area contributed by atoms with Gasteiger partial charge in [0.05, 0.1) is 12.8 Å². The highest BCUT2D eigenvalue weighted by atomic mass is 16.5. The fourth-order valence-corrected chi connectivity index (χ4v) is 2.61. The summed E-state index contributed by atoms with van der Waals surface area (Å²) in [6.45, 7) is 12.4. The molecule has 0 fully saturated rings. The first-order valence-electron chi connectivity index (χ1n) is 9.12. The lowest BCUT2D eigenvalue weighted by molar-refractivity contribution is 0.416. The van der Waals surface area contributed by atoms with E-state index >= 15 is 0 Å². The van der Waals surface area contributed by atoms with Crippen LogP contribution in [0.25, 0.3) is 0 Å². The van der Waals surface area contributed by atoms with E-state index < -0.39 is 0 Å². The summed E-state index contributed by atoms with van der Waals surface area (Å²) in [5, 5.41) is 6.58. The molecule has 0 unspecified atom stereocenters. The van der Waals surface area contributed by atoms with Gasteiger partial charge in [0.1, 0.15) is 17.4 Å². The second-order valence-electron chi connectivity index (χ2n) is 6.62. The van der Waals surface area contributed by atoms with Crippen molar-refractivity contribution in [3.63, 3.8) is 0 Å². The van der Waals surface area contributed by atoms with Gasteiger partial charge in [-0.1, -0.05) is 50.8 Å².